The summed E-state index contributed by atoms with van der Waals surface area (Å²) < 4.78 is 0. The molecule has 0 radical (unpaired) electrons. The number of piperidine rings is 2. The molecule has 1 aromatic rings. The zero-order valence-electron chi connectivity index (χ0n) is 17.2. The predicted octanol–water partition coefficient (Wildman–Crippen LogP) is 2.00. The van der Waals surface area contributed by atoms with Crippen LogP contribution in [0, 0.1) is 0 Å². The number of rotatable bonds is 5. The molecule has 0 atom stereocenters. The number of nitrogens with one attached hydrogen (secondary N) is 2. The van der Waals surface area contributed by atoms with E-state index >= 15 is 0 Å². The smallest absolute Gasteiger partial charge is 0.317 e. The molecule has 0 bridgehead atoms. The van der Waals surface area contributed by atoms with Gasteiger partial charge in [0.25, 0.3) is 0 Å². The molecule has 3 saturated heterocycles. The number of benzene rings is 1. The molecular weight excluding hydrogens is 366 g/mol. The summed E-state index contributed by atoms with van der Waals surface area (Å²) in [5.74, 6) is 0.0861. The van der Waals surface area contributed by atoms with Gasteiger partial charge in [0.05, 0.1) is 6.67 Å². The van der Waals surface area contributed by atoms with Crippen molar-refractivity contribution in [3.8, 4) is 0 Å². The van der Waals surface area contributed by atoms with Gasteiger partial charge < -0.3 is 25.3 Å². The molecule has 0 saturated carbocycles. The molecule has 2 N–H and O–H groups in total. The highest BCUT2D eigenvalue weighted by atomic mass is 16.2. The number of carbonyl (C=O) groups excluding carboxylic acids is 2. The Morgan fingerprint density at radius 2 is 1.76 bits per heavy atom. The number of hydrogen-bond acceptors (Lipinski definition) is 4. The predicted molar refractivity (Wildman–Crippen MR) is 114 cm³/mol. The van der Waals surface area contributed by atoms with Crippen molar-refractivity contribution in [3.63, 3.8) is 0 Å². The van der Waals surface area contributed by atoms with Gasteiger partial charge in [0.15, 0.2) is 0 Å². The van der Waals surface area contributed by atoms with Crippen LogP contribution in [0.4, 0.5) is 10.5 Å². The van der Waals surface area contributed by atoms with Crippen LogP contribution in [-0.4, -0.2) is 73.2 Å². The van der Waals surface area contributed by atoms with Gasteiger partial charge in [-0.25, -0.2) is 4.79 Å². The summed E-state index contributed by atoms with van der Waals surface area (Å²) in [5.41, 5.74) is 0.522. The summed E-state index contributed by atoms with van der Waals surface area (Å²) in [6.07, 6.45) is 6.27. The Morgan fingerprint density at radius 1 is 1.03 bits per heavy atom. The quantitative estimate of drug-likeness (QED) is 0.743. The van der Waals surface area contributed by atoms with Crippen molar-refractivity contribution in [2.45, 2.75) is 44.1 Å². The monoisotopic (exact) mass is 399 g/mol. The fourth-order valence-corrected chi connectivity index (χ4v) is 4.91. The fourth-order valence-electron chi connectivity index (χ4n) is 4.91. The van der Waals surface area contributed by atoms with Crippen molar-refractivity contribution < 1.29 is 9.59 Å². The number of hydrogen-bond donors (Lipinski definition) is 2. The summed E-state index contributed by atoms with van der Waals surface area (Å²) in [7, 11) is 0. The van der Waals surface area contributed by atoms with Crippen LogP contribution in [-0.2, 0) is 4.79 Å². The van der Waals surface area contributed by atoms with Crippen LogP contribution in [0.2, 0.25) is 0 Å². The molecular formula is C22H33N5O2. The molecule has 1 aromatic carbocycles. The molecule has 0 aliphatic carbocycles. The minimum Gasteiger partial charge on any atom is -0.339 e. The average Bonchev–Trinajstić information content (AvgIpc) is 3.08. The van der Waals surface area contributed by atoms with Crippen LogP contribution < -0.4 is 15.5 Å². The highest BCUT2D eigenvalue weighted by molar-refractivity contribution is 5.93. The van der Waals surface area contributed by atoms with E-state index < -0.39 is 5.54 Å². The van der Waals surface area contributed by atoms with E-state index in [2.05, 4.69) is 20.4 Å². The lowest BCUT2D eigenvalue weighted by Crippen LogP contribution is -2.58. The first kappa shape index (κ1) is 20.0. The number of urea groups is 1. The summed E-state index contributed by atoms with van der Waals surface area (Å²) in [6.45, 7) is 5.92. The van der Waals surface area contributed by atoms with Crippen molar-refractivity contribution in [1.82, 2.24) is 20.4 Å². The molecule has 158 valence electrons. The van der Waals surface area contributed by atoms with E-state index in [1.807, 2.05) is 35.2 Å². The van der Waals surface area contributed by atoms with E-state index in [1.54, 1.807) is 0 Å². The maximum Gasteiger partial charge on any atom is 0.317 e. The van der Waals surface area contributed by atoms with Crippen molar-refractivity contribution >= 4 is 17.6 Å². The Balaban J connectivity index is 1.26. The molecule has 3 aliphatic rings. The molecule has 3 aliphatic heterocycles. The highest BCUT2D eigenvalue weighted by Gasteiger charge is 2.50. The Hall–Kier alpha value is -2.28. The first-order valence-electron chi connectivity index (χ1n) is 11.1. The van der Waals surface area contributed by atoms with Crippen molar-refractivity contribution in [3.05, 3.63) is 30.3 Å². The van der Waals surface area contributed by atoms with E-state index in [9.17, 15) is 9.59 Å². The molecule has 4 rings (SSSR count). The molecule has 7 nitrogen and oxygen atoms in total. The first-order valence-corrected chi connectivity index (χ1v) is 11.1. The second-order valence-corrected chi connectivity index (χ2v) is 8.43. The van der Waals surface area contributed by atoms with Crippen LogP contribution in [0.5, 0.6) is 0 Å². The fraction of sp³-hybridized carbons (Fsp3) is 0.636. The number of likely N-dealkylation sites (tertiary alicyclic amines) is 2. The molecule has 7 heteroatoms. The lowest BCUT2D eigenvalue weighted by atomic mass is 9.85. The van der Waals surface area contributed by atoms with Gasteiger partial charge in [-0.2, -0.15) is 0 Å². The van der Waals surface area contributed by atoms with Gasteiger partial charge in [-0.1, -0.05) is 24.6 Å². The summed E-state index contributed by atoms with van der Waals surface area (Å²) in [6, 6.07) is 10.1. The topological polar surface area (TPSA) is 67.9 Å². The average molecular weight is 400 g/mol. The van der Waals surface area contributed by atoms with E-state index in [0.717, 1.165) is 18.7 Å². The third kappa shape index (κ3) is 4.34. The second kappa shape index (κ2) is 9.03. The van der Waals surface area contributed by atoms with Crippen LogP contribution in [0.3, 0.4) is 0 Å². The number of para-hydroxylation sites is 1. The molecule has 0 unspecified atom stereocenters. The van der Waals surface area contributed by atoms with Crippen LogP contribution in [0.1, 0.15) is 38.5 Å². The standard InChI is InChI=1S/C22H33N5O2/c28-20-22(27(18-24-20)19-8-3-1-4-9-19)10-16-26(17-11-22)21(29)23-12-7-15-25-13-5-2-6-14-25/h1,3-4,8-9H,2,5-7,10-18H2,(H,23,29)(H,24,28). The largest absolute Gasteiger partial charge is 0.339 e. The minimum absolute atomic E-state index is 0.00293. The number of nitrogens with zero attached hydrogens (tertiary/aromatic N) is 3. The Bertz CT molecular complexity index is 696. The van der Waals surface area contributed by atoms with Gasteiger partial charge in [-0.15, -0.1) is 0 Å². The van der Waals surface area contributed by atoms with E-state index in [4.69, 9.17) is 0 Å². The lowest BCUT2D eigenvalue weighted by molar-refractivity contribution is -0.124. The molecule has 3 heterocycles. The Morgan fingerprint density at radius 3 is 2.48 bits per heavy atom. The molecule has 29 heavy (non-hydrogen) atoms. The minimum atomic E-state index is -0.535. The van der Waals surface area contributed by atoms with Crippen molar-refractivity contribution in [1.29, 1.82) is 0 Å². The molecule has 3 amide bonds. The third-order valence-electron chi connectivity index (χ3n) is 6.66. The molecule has 1 spiro atoms. The number of carbonyl (C=O) groups is 2. The van der Waals surface area contributed by atoms with E-state index in [0.29, 0.717) is 39.1 Å². The maximum atomic E-state index is 12.7. The van der Waals surface area contributed by atoms with Crippen LogP contribution in [0.15, 0.2) is 30.3 Å². The van der Waals surface area contributed by atoms with Gasteiger partial charge in [-0.05, 0) is 63.9 Å². The summed E-state index contributed by atoms with van der Waals surface area (Å²) in [4.78, 5) is 31.8. The van der Waals surface area contributed by atoms with Crippen molar-refractivity contribution in [2.24, 2.45) is 0 Å². The highest BCUT2D eigenvalue weighted by Crippen LogP contribution is 2.36. The van der Waals surface area contributed by atoms with Gasteiger partial charge in [0.2, 0.25) is 5.91 Å². The zero-order chi connectivity index (χ0) is 20.1. The maximum absolute atomic E-state index is 12.7. The first-order chi connectivity index (χ1) is 14.2. The Kier molecular flexibility index (Phi) is 6.23. The van der Waals surface area contributed by atoms with Gasteiger partial charge in [-0.3, -0.25) is 4.79 Å². The lowest BCUT2D eigenvalue weighted by Gasteiger charge is -2.43. The van der Waals surface area contributed by atoms with E-state index in [1.165, 1.54) is 32.4 Å². The summed E-state index contributed by atoms with van der Waals surface area (Å²) in [5, 5.41) is 6.08. The second-order valence-electron chi connectivity index (χ2n) is 8.43. The van der Waals surface area contributed by atoms with E-state index in [-0.39, 0.29) is 11.9 Å². The normalized spacial score (nSPS) is 22.0. The van der Waals surface area contributed by atoms with Crippen molar-refractivity contribution in [2.75, 3.05) is 50.8 Å². The zero-order valence-corrected chi connectivity index (χ0v) is 17.2. The molecule has 3 fully saturated rings. The van der Waals surface area contributed by atoms with Crippen LogP contribution >= 0.6 is 0 Å². The SMILES string of the molecule is O=C(NCCCN1CCCCC1)N1CCC2(CC1)C(=O)NCN2c1ccccc1. The number of amides is 3. The van der Waals surface area contributed by atoms with Gasteiger partial charge >= 0.3 is 6.03 Å². The number of anilines is 1. The Labute approximate surface area is 173 Å². The van der Waals surface area contributed by atoms with Crippen LogP contribution in [0.25, 0.3) is 0 Å². The third-order valence-corrected chi connectivity index (χ3v) is 6.66. The van der Waals surface area contributed by atoms with Gasteiger partial charge in [0, 0.05) is 25.3 Å². The van der Waals surface area contributed by atoms with Gasteiger partial charge in [0.1, 0.15) is 5.54 Å². The summed E-state index contributed by atoms with van der Waals surface area (Å²) >= 11 is 0. The molecule has 0 aromatic heterocycles.